The van der Waals surface area contributed by atoms with Crippen LogP contribution in [0.3, 0.4) is 0 Å². The van der Waals surface area contributed by atoms with E-state index in [0.717, 1.165) is 5.56 Å². The lowest BCUT2D eigenvalue weighted by atomic mass is 9.92. The highest BCUT2D eigenvalue weighted by molar-refractivity contribution is 6.31. The van der Waals surface area contributed by atoms with E-state index in [1.165, 1.54) is 12.3 Å². The largest absolute Gasteiger partial charge is 0.364 e. The zero-order chi connectivity index (χ0) is 22.9. The van der Waals surface area contributed by atoms with Crippen molar-refractivity contribution < 1.29 is 13.6 Å². The number of aromatic nitrogens is 2. The molecule has 1 amide bonds. The number of carbonyl (C=O) groups is 1. The van der Waals surface area contributed by atoms with Crippen LogP contribution >= 0.6 is 11.6 Å². The van der Waals surface area contributed by atoms with Gasteiger partial charge in [0.25, 0.3) is 5.91 Å². The molecule has 31 heavy (non-hydrogen) atoms. The van der Waals surface area contributed by atoms with Crippen molar-refractivity contribution in [1.29, 1.82) is 0 Å². The summed E-state index contributed by atoms with van der Waals surface area (Å²) >= 11 is 6.44. The van der Waals surface area contributed by atoms with Crippen molar-refractivity contribution >= 4 is 28.4 Å². The number of carbonyl (C=O) groups excluding carboxylic acids is 1. The lowest BCUT2D eigenvalue weighted by Gasteiger charge is -2.16. The van der Waals surface area contributed by atoms with Crippen molar-refractivity contribution in [2.75, 3.05) is 0 Å². The maximum atomic E-state index is 13.6. The van der Waals surface area contributed by atoms with E-state index in [9.17, 15) is 18.4 Å². The number of halogens is 3. The summed E-state index contributed by atoms with van der Waals surface area (Å²) in [6.45, 7) is 5.84. The second kappa shape index (κ2) is 8.75. The number of H-pyrrole nitrogens is 1. The molecule has 3 aromatic rings. The van der Waals surface area contributed by atoms with Crippen LogP contribution in [0.25, 0.3) is 22.2 Å². The molecule has 3 N–H and O–H groups in total. The van der Waals surface area contributed by atoms with Gasteiger partial charge in [0, 0.05) is 35.7 Å². The molecular formula is C23H24ClF2N3O2. The predicted molar refractivity (Wildman–Crippen MR) is 119 cm³/mol. The van der Waals surface area contributed by atoms with Crippen LogP contribution < -0.4 is 11.2 Å². The summed E-state index contributed by atoms with van der Waals surface area (Å²) in [4.78, 5) is 31.2. The monoisotopic (exact) mass is 447 g/mol. The summed E-state index contributed by atoms with van der Waals surface area (Å²) in [5.41, 5.74) is 7.94. The number of nitrogens with one attached hydrogen (secondary N) is 1. The Morgan fingerprint density at radius 1 is 1.29 bits per heavy atom. The number of fused-ring (bicyclic) bond motifs is 1. The molecule has 1 unspecified atom stereocenters. The fraction of sp³-hybridized carbons (Fsp3) is 0.348. The number of alkyl halides is 2. The van der Waals surface area contributed by atoms with E-state index in [4.69, 9.17) is 17.3 Å². The molecule has 164 valence electrons. The van der Waals surface area contributed by atoms with E-state index < -0.39 is 17.3 Å². The summed E-state index contributed by atoms with van der Waals surface area (Å²) in [5.74, 6) is -3.73. The first-order chi connectivity index (χ1) is 14.7. The van der Waals surface area contributed by atoms with Crippen LogP contribution in [0.2, 0.25) is 5.02 Å². The number of rotatable bonds is 3. The van der Waals surface area contributed by atoms with E-state index in [0.29, 0.717) is 33.8 Å². The molecule has 2 heterocycles. The highest BCUT2D eigenvalue weighted by Crippen LogP contribution is 2.46. The van der Waals surface area contributed by atoms with E-state index in [-0.39, 0.29) is 29.8 Å². The molecule has 0 bridgehead atoms. The normalized spacial score (nSPS) is 17.3. The van der Waals surface area contributed by atoms with Gasteiger partial charge in [-0.1, -0.05) is 31.5 Å². The van der Waals surface area contributed by atoms with Gasteiger partial charge in [0.2, 0.25) is 5.92 Å². The maximum absolute atomic E-state index is 13.6. The van der Waals surface area contributed by atoms with Crippen LogP contribution in [-0.4, -0.2) is 21.8 Å². The molecule has 1 saturated carbocycles. The molecule has 2 aromatic heterocycles. The zero-order valence-electron chi connectivity index (χ0n) is 17.6. The van der Waals surface area contributed by atoms with Gasteiger partial charge >= 0.3 is 0 Å². The fourth-order valence-corrected chi connectivity index (χ4v) is 4.37. The predicted octanol–water partition coefficient (Wildman–Crippen LogP) is 5.58. The molecule has 1 fully saturated rings. The van der Waals surface area contributed by atoms with Crippen LogP contribution in [0.5, 0.6) is 0 Å². The molecule has 5 nitrogen and oxygen atoms in total. The van der Waals surface area contributed by atoms with Crippen molar-refractivity contribution in [2.24, 2.45) is 5.73 Å². The average molecular weight is 448 g/mol. The lowest BCUT2D eigenvalue weighted by molar-refractivity contribution is 0.00776. The molecular weight excluding hydrogens is 424 g/mol. The first-order valence-corrected chi connectivity index (χ1v) is 10.5. The second-order valence-corrected chi connectivity index (χ2v) is 7.89. The minimum Gasteiger partial charge on any atom is -0.364 e. The molecule has 0 saturated heterocycles. The Morgan fingerprint density at radius 3 is 2.61 bits per heavy atom. The Kier molecular flexibility index (Phi) is 6.46. The number of benzene rings is 1. The van der Waals surface area contributed by atoms with E-state index >= 15 is 0 Å². The molecule has 1 aliphatic rings. The molecule has 0 radical (unpaired) electrons. The Bertz CT molecular complexity index is 1210. The number of aryl methyl sites for hydroxylation is 1. The highest BCUT2D eigenvalue weighted by atomic mass is 35.5. The quantitative estimate of drug-likeness (QED) is 0.549. The fourth-order valence-electron chi connectivity index (χ4n) is 4.05. The topological polar surface area (TPSA) is 88.8 Å². The summed E-state index contributed by atoms with van der Waals surface area (Å²) in [6.07, 6.45) is 1.44. The van der Waals surface area contributed by atoms with Gasteiger partial charge in [0.15, 0.2) is 5.43 Å². The zero-order valence-corrected chi connectivity index (χ0v) is 18.3. The van der Waals surface area contributed by atoms with Gasteiger partial charge in [0.1, 0.15) is 5.69 Å². The first-order valence-electron chi connectivity index (χ1n) is 10.2. The SMILES string of the molecule is CC.Cc1cc(C2CCC(F)(F)C2)c(Cl)cc1-c1cc(=O)c2c(C(N)=O)nccc2[nH]1. The molecule has 8 heteroatoms. The van der Waals surface area contributed by atoms with Gasteiger partial charge in [-0.15, -0.1) is 0 Å². The van der Waals surface area contributed by atoms with Crippen molar-refractivity contribution in [1.82, 2.24) is 9.97 Å². The van der Waals surface area contributed by atoms with Crippen molar-refractivity contribution in [3.8, 4) is 11.3 Å². The Labute approximate surface area is 183 Å². The van der Waals surface area contributed by atoms with Crippen LogP contribution in [0, 0.1) is 6.92 Å². The molecule has 1 atom stereocenters. The van der Waals surface area contributed by atoms with Crippen LogP contribution in [0.4, 0.5) is 8.78 Å². The third-order valence-electron chi connectivity index (χ3n) is 5.45. The number of nitrogens with zero attached hydrogens (tertiary/aromatic N) is 1. The summed E-state index contributed by atoms with van der Waals surface area (Å²) in [5, 5.41) is 0.513. The van der Waals surface area contributed by atoms with E-state index in [1.807, 2.05) is 26.8 Å². The van der Waals surface area contributed by atoms with Gasteiger partial charge in [0.05, 0.1) is 16.6 Å². The summed E-state index contributed by atoms with van der Waals surface area (Å²) in [7, 11) is 0. The molecule has 0 aliphatic heterocycles. The van der Waals surface area contributed by atoms with Crippen molar-refractivity contribution in [2.45, 2.75) is 51.9 Å². The molecule has 4 rings (SSSR count). The van der Waals surface area contributed by atoms with Crippen molar-refractivity contribution in [3.63, 3.8) is 0 Å². The van der Waals surface area contributed by atoms with Gasteiger partial charge in [-0.05, 0) is 42.5 Å². The third kappa shape index (κ3) is 4.46. The van der Waals surface area contributed by atoms with Crippen molar-refractivity contribution in [3.05, 3.63) is 62.5 Å². The minimum absolute atomic E-state index is 0.0948. The van der Waals surface area contributed by atoms with Gasteiger partial charge in [-0.25, -0.2) is 8.78 Å². The van der Waals surface area contributed by atoms with E-state index in [2.05, 4.69) is 9.97 Å². The number of pyridine rings is 2. The molecule has 1 aliphatic carbocycles. The molecule has 0 spiro atoms. The number of hydrogen-bond acceptors (Lipinski definition) is 3. The number of nitrogens with two attached hydrogens (primary N) is 1. The van der Waals surface area contributed by atoms with Gasteiger partial charge in [-0.3, -0.25) is 14.6 Å². The number of hydrogen-bond donors (Lipinski definition) is 2. The number of aromatic amines is 1. The average Bonchev–Trinajstić information content (AvgIpc) is 3.09. The second-order valence-electron chi connectivity index (χ2n) is 7.48. The first kappa shape index (κ1) is 22.9. The van der Waals surface area contributed by atoms with Crippen LogP contribution in [0.15, 0.2) is 35.3 Å². The summed E-state index contributed by atoms with van der Waals surface area (Å²) < 4.78 is 27.2. The maximum Gasteiger partial charge on any atom is 0.268 e. The van der Waals surface area contributed by atoms with E-state index in [1.54, 1.807) is 12.1 Å². The van der Waals surface area contributed by atoms with Crippen LogP contribution in [-0.2, 0) is 0 Å². The molecule has 1 aromatic carbocycles. The highest BCUT2D eigenvalue weighted by Gasteiger charge is 2.40. The van der Waals surface area contributed by atoms with Crippen LogP contribution in [0.1, 0.15) is 60.6 Å². The lowest BCUT2D eigenvalue weighted by Crippen LogP contribution is -2.17. The van der Waals surface area contributed by atoms with Gasteiger partial charge in [-0.2, -0.15) is 0 Å². The Hall–Kier alpha value is -2.80. The van der Waals surface area contributed by atoms with Gasteiger partial charge < -0.3 is 10.7 Å². The standard InChI is InChI=1S/C21H18ClF2N3O2.C2H6/c1-10-6-13(11-2-4-21(23,24)9-11)14(22)7-12(10)16-8-17(28)18-15(27-16)3-5-26-19(18)20(25)29;1-2/h3,5-8,11H,2,4,9H2,1H3,(H2,25,29)(H,27,28);1-2H3. The minimum atomic E-state index is -2.66. The smallest absolute Gasteiger partial charge is 0.268 e. The Balaban J connectivity index is 0.00000132. The number of primary amides is 1. The Morgan fingerprint density at radius 2 is 2.00 bits per heavy atom. The summed E-state index contributed by atoms with van der Waals surface area (Å²) in [6, 6.07) is 6.45. The number of amides is 1. The third-order valence-corrected chi connectivity index (χ3v) is 5.78.